The Kier molecular flexibility index (Phi) is 6.32. The molecule has 26 heavy (non-hydrogen) atoms. The van der Waals surface area contributed by atoms with Crippen LogP contribution in [0.5, 0.6) is 11.5 Å². The number of carbonyl (C=O) groups is 2. The lowest BCUT2D eigenvalue weighted by Gasteiger charge is -2.10. The van der Waals surface area contributed by atoms with E-state index in [1.165, 1.54) is 13.3 Å². The monoisotopic (exact) mass is 355 g/mol. The number of hydrogen-bond acceptors (Lipinski definition) is 5. The number of nitrogens with one attached hydrogen (secondary N) is 2. The van der Waals surface area contributed by atoms with E-state index in [2.05, 4.69) is 15.8 Å². The molecule has 7 nitrogen and oxygen atoms in total. The molecule has 0 aliphatic carbocycles. The Morgan fingerprint density at radius 3 is 2.31 bits per heavy atom. The Labute approximate surface area is 152 Å². The van der Waals surface area contributed by atoms with Gasteiger partial charge in [0.1, 0.15) is 11.5 Å². The van der Waals surface area contributed by atoms with E-state index in [1.54, 1.807) is 25.3 Å². The average molecular weight is 355 g/mol. The lowest BCUT2D eigenvalue weighted by atomic mass is 10.1. The molecular formula is C19H21N3O4. The fourth-order valence-electron chi connectivity index (χ4n) is 2.32. The van der Waals surface area contributed by atoms with Gasteiger partial charge in [-0.05, 0) is 37.1 Å². The summed E-state index contributed by atoms with van der Waals surface area (Å²) < 4.78 is 10.3. The molecule has 2 N–H and O–H groups in total. The molecule has 2 amide bonds. The highest BCUT2D eigenvalue weighted by molar-refractivity contribution is 6.39. The summed E-state index contributed by atoms with van der Waals surface area (Å²) in [5, 5.41) is 6.41. The molecule has 0 atom stereocenters. The zero-order chi connectivity index (χ0) is 19.1. The van der Waals surface area contributed by atoms with Gasteiger partial charge in [-0.3, -0.25) is 9.59 Å². The molecule has 136 valence electrons. The lowest BCUT2D eigenvalue weighted by molar-refractivity contribution is -0.136. The molecule has 0 saturated carbocycles. The summed E-state index contributed by atoms with van der Waals surface area (Å²) in [6.07, 6.45) is 1.39. The molecule has 0 aliphatic heterocycles. The Morgan fingerprint density at radius 1 is 1.00 bits per heavy atom. The van der Waals surface area contributed by atoms with E-state index in [0.29, 0.717) is 22.7 Å². The summed E-state index contributed by atoms with van der Waals surface area (Å²) in [6, 6.07) is 10.7. The van der Waals surface area contributed by atoms with Crippen molar-refractivity contribution >= 4 is 23.7 Å². The maximum atomic E-state index is 12.0. The van der Waals surface area contributed by atoms with Crippen molar-refractivity contribution < 1.29 is 19.1 Å². The topological polar surface area (TPSA) is 89.0 Å². The Morgan fingerprint density at radius 2 is 1.69 bits per heavy atom. The Hall–Kier alpha value is -3.35. The third kappa shape index (κ3) is 4.60. The van der Waals surface area contributed by atoms with Gasteiger partial charge in [0.05, 0.1) is 20.4 Å². The number of benzene rings is 2. The second-order valence-corrected chi connectivity index (χ2v) is 5.53. The zero-order valence-corrected chi connectivity index (χ0v) is 15.1. The predicted octanol–water partition coefficient (Wildman–Crippen LogP) is 2.41. The van der Waals surface area contributed by atoms with Crippen LogP contribution in [0.3, 0.4) is 0 Å². The summed E-state index contributed by atoms with van der Waals surface area (Å²) in [5.41, 5.74) is 5.19. The van der Waals surface area contributed by atoms with Gasteiger partial charge in [0.25, 0.3) is 0 Å². The van der Waals surface area contributed by atoms with E-state index < -0.39 is 11.8 Å². The van der Waals surface area contributed by atoms with Crippen molar-refractivity contribution in [2.45, 2.75) is 13.8 Å². The number of nitrogens with zero attached hydrogens (tertiary/aromatic N) is 1. The van der Waals surface area contributed by atoms with E-state index >= 15 is 0 Å². The number of amides is 2. The molecule has 2 rings (SSSR count). The normalized spacial score (nSPS) is 10.5. The molecule has 2 aromatic rings. The number of methoxy groups -OCH3 is 2. The second-order valence-electron chi connectivity index (χ2n) is 5.53. The summed E-state index contributed by atoms with van der Waals surface area (Å²) in [5.74, 6) is -0.490. The van der Waals surface area contributed by atoms with Gasteiger partial charge >= 0.3 is 11.8 Å². The highest BCUT2D eigenvalue weighted by Crippen LogP contribution is 2.23. The second kappa shape index (κ2) is 8.66. The largest absolute Gasteiger partial charge is 0.497 e. The summed E-state index contributed by atoms with van der Waals surface area (Å²) >= 11 is 0. The number of aryl methyl sites for hydroxylation is 2. The number of anilines is 1. The average Bonchev–Trinajstić information content (AvgIpc) is 2.64. The summed E-state index contributed by atoms with van der Waals surface area (Å²) in [7, 11) is 3.07. The molecule has 0 aromatic heterocycles. The van der Waals surface area contributed by atoms with Crippen LogP contribution in [0.15, 0.2) is 41.5 Å². The van der Waals surface area contributed by atoms with Crippen LogP contribution in [0.1, 0.15) is 16.7 Å². The molecule has 0 saturated heterocycles. The maximum absolute atomic E-state index is 12.0. The fourth-order valence-corrected chi connectivity index (χ4v) is 2.32. The summed E-state index contributed by atoms with van der Waals surface area (Å²) in [4.78, 5) is 24.0. The van der Waals surface area contributed by atoms with E-state index in [4.69, 9.17) is 9.47 Å². The van der Waals surface area contributed by atoms with Crippen LogP contribution in [0, 0.1) is 13.8 Å². The molecule has 0 unspecified atom stereocenters. The van der Waals surface area contributed by atoms with Crippen molar-refractivity contribution in [3.63, 3.8) is 0 Å². The van der Waals surface area contributed by atoms with Crippen molar-refractivity contribution in [3.05, 3.63) is 53.1 Å². The van der Waals surface area contributed by atoms with Crippen molar-refractivity contribution in [2.75, 3.05) is 19.5 Å². The molecule has 0 fully saturated rings. The van der Waals surface area contributed by atoms with Crippen molar-refractivity contribution in [1.29, 1.82) is 0 Å². The highest BCUT2D eigenvalue weighted by atomic mass is 16.5. The van der Waals surface area contributed by atoms with Gasteiger partial charge < -0.3 is 14.8 Å². The molecule has 0 radical (unpaired) electrons. The third-order valence-electron chi connectivity index (χ3n) is 3.74. The van der Waals surface area contributed by atoms with E-state index in [9.17, 15) is 9.59 Å². The maximum Gasteiger partial charge on any atom is 0.329 e. The molecule has 7 heteroatoms. The van der Waals surface area contributed by atoms with Crippen LogP contribution >= 0.6 is 0 Å². The van der Waals surface area contributed by atoms with E-state index in [0.717, 1.165) is 11.1 Å². The lowest BCUT2D eigenvalue weighted by Crippen LogP contribution is -2.32. The molecule has 0 aliphatic rings. The van der Waals surface area contributed by atoms with Crippen LogP contribution in [0.25, 0.3) is 0 Å². The number of para-hydroxylation sites is 1. The van der Waals surface area contributed by atoms with Gasteiger partial charge in [-0.25, -0.2) is 5.43 Å². The Bertz CT molecular complexity index is 826. The minimum absolute atomic E-state index is 0.530. The van der Waals surface area contributed by atoms with Crippen LogP contribution in [0.2, 0.25) is 0 Å². The van der Waals surface area contributed by atoms with Crippen molar-refractivity contribution in [3.8, 4) is 11.5 Å². The molecule has 2 aromatic carbocycles. The minimum atomic E-state index is -0.864. The molecular weight excluding hydrogens is 334 g/mol. The number of rotatable bonds is 5. The Balaban J connectivity index is 2.02. The predicted molar refractivity (Wildman–Crippen MR) is 99.8 cm³/mol. The van der Waals surface area contributed by atoms with E-state index in [-0.39, 0.29) is 0 Å². The quantitative estimate of drug-likeness (QED) is 0.490. The summed E-state index contributed by atoms with van der Waals surface area (Å²) in [6.45, 7) is 3.71. The molecule has 0 bridgehead atoms. The SMILES string of the molecule is COc1ccc(C=NNC(=O)C(=O)Nc2c(C)cccc2C)c(OC)c1. The number of carbonyl (C=O) groups excluding carboxylic acids is 2. The highest BCUT2D eigenvalue weighted by Gasteiger charge is 2.15. The fraction of sp³-hybridized carbons (Fsp3) is 0.211. The molecule has 0 spiro atoms. The first kappa shape index (κ1) is 19.0. The van der Waals surface area contributed by atoms with Crippen LogP contribution in [-0.4, -0.2) is 32.2 Å². The van der Waals surface area contributed by atoms with Gasteiger partial charge in [-0.15, -0.1) is 0 Å². The van der Waals surface area contributed by atoms with Crippen molar-refractivity contribution in [2.24, 2.45) is 5.10 Å². The number of ether oxygens (including phenoxy) is 2. The number of hydrazone groups is 1. The first-order chi connectivity index (χ1) is 12.5. The first-order valence-corrected chi connectivity index (χ1v) is 7.89. The standard InChI is InChI=1S/C19H21N3O4/c1-12-6-5-7-13(2)17(12)21-18(23)19(24)22-20-11-14-8-9-15(25-3)10-16(14)26-4/h5-11H,1-4H3,(H,21,23)(H,22,24). The van der Waals surface area contributed by atoms with Gasteiger partial charge in [0.15, 0.2) is 0 Å². The van der Waals surface area contributed by atoms with Gasteiger partial charge in [-0.1, -0.05) is 18.2 Å². The van der Waals surface area contributed by atoms with Gasteiger partial charge in [0.2, 0.25) is 0 Å². The van der Waals surface area contributed by atoms with Crippen LogP contribution in [-0.2, 0) is 9.59 Å². The third-order valence-corrected chi connectivity index (χ3v) is 3.74. The van der Waals surface area contributed by atoms with Crippen LogP contribution in [0.4, 0.5) is 5.69 Å². The first-order valence-electron chi connectivity index (χ1n) is 7.89. The van der Waals surface area contributed by atoms with Crippen LogP contribution < -0.4 is 20.2 Å². The van der Waals surface area contributed by atoms with Crippen molar-refractivity contribution in [1.82, 2.24) is 5.43 Å². The zero-order valence-electron chi connectivity index (χ0n) is 15.1. The minimum Gasteiger partial charge on any atom is -0.497 e. The van der Waals surface area contributed by atoms with E-state index in [1.807, 2.05) is 32.0 Å². The number of hydrogen-bond donors (Lipinski definition) is 2. The smallest absolute Gasteiger partial charge is 0.329 e. The van der Waals surface area contributed by atoms with Gasteiger partial charge in [0, 0.05) is 17.3 Å². The molecule has 0 heterocycles. The van der Waals surface area contributed by atoms with Gasteiger partial charge in [-0.2, -0.15) is 5.10 Å².